The van der Waals surface area contributed by atoms with E-state index in [-0.39, 0.29) is 0 Å². The van der Waals surface area contributed by atoms with E-state index in [1.165, 1.54) is 18.6 Å². The van der Waals surface area contributed by atoms with Crippen LogP contribution in [0.2, 0.25) is 32.7 Å². The highest BCUT2D eigenvalue weighted by atomic mass is 29.3. The first-order valence-corrected chi connectivity index (χ1v) is 13.8. The van der Waals surface area contributed by atoms with Gasteiger partial charge in [0.1, 0.15) is 0 Å². The summed E-state index contributed by atoms with van der Waals surface area (Å²) < 4.78 is 6.40. The summed E-state index contributed by atoms with van der Waals surface area (Å²) in [5.41, 5.74) is 0.484. The molecule has 0 heterocycles. The van der Waals surface area contributed by atoms with Crippen LogP contribution in [0.5, 0.6) is 0 Å². The van der Waals surface area contributed by atoms with Crippen LogP contribution in [0, 0.1) is 5.41 Å². The van der Waals surface area contributed by atoms with Crippen molar-refractivity contribution < 1.29 is 4.43 Å². The van der Waals surface area contributed by atoms with E-state index in [0.29, 0.717) is 5.41 Å². The fraction of sp³-hybridized carbons (Fsp3) is 0.846. The summed E-state index contributed by atoms with van der Waals surface area (Å²) in [7, 11) is -2.60. The Balaban J connectivity index is 2.67. The minimum absolute atomic E-state index is 0.484. The Morgan fingerprint density at radius 2 is 1.69 bits per heavy atom. The van der Waals surface area contributed by atoms with Crippen molar-refractivity contribution in [3.63, 3.8) is 0 Å². The highest BCUT2D eigenvalue weighted by molar-refractivity contribution is 7.37. The molecule has 0 aromatic rings. The molecule has 16 heavy (non-hydrogen) atoms. The van der Waals surface area contributed by atoms with Gasteiger partial charge in [0, 0.05) is 6.42 Å². The van der Waals surface area contributed by atoms with Crippen LogP contribution < -0.4 is 0 Å². The number of hydrogen-bond donors (Lipinski definition) is 0. The molecule has 0 unspecified atom stereocenters. The Hall–Kier alpha value is -0.0262. The van der Waals surface area contributed by atoms with E-state index >= 15 is 0 Å². The van der Waals surface area contributed by atoms with Crippen LogP contribution in [-0.4, -0.2) is 15.4 Å². The second-order valence-electron chi connectivity index (χ2n) is 7.40. The van der Waals surface area contributed by atoms with Crippen molar-refractivity contribution in [3.05, 3.63) is 11.8 Å². The van der Waals surface area contributed by atoms with E-state index in [4.69, 9.17) is 4.43 Å². The highest BCUT2D eigenvalue weighted by Crippen LogP contribution is 2.36. The van der Waals surface area contributed by atoms with Gasteiger partial charge in [-0.3, -0.25) is 0 Å². The number of allylic oxidation sites excluding steroid dienone is 2. The predicted molar refractivity (Wildman–Crippen MR) is 77.6 cm³/mol. The molecule has 1 rings (SSSR count). The smallest absolute Gasteiger partial charge is 0.228 e. The Morgan fingerprint density at radius 1 is 1.12 bits per heavy atom. The van der Waals surface area contributed by atoms with Crippen molar-refractivity contribution in [3.8, 4) is 0 Å². The molecule has 94 valence electrons. The minimum Gasteiger partial charge on any atom is -0.550 e. The second-order valence-corrected chi connectivity index (χ2v) is 23.2. The third-order valence-corrected chi connectivity index (χ3v) is 19.7. The van der Waals surface area contributed by atoms with Crippen LogP contribution >= 0.6 is 0 Å². The van der Waals surface area contributed by atoms with Crippen molar-refractivity contribution in [2.45, 2.75) is 65.8 Å². The maximum atomic E-state index is 6.40. The summed E-state index contributed by atoms with van der Waals surface area (Å²) in [6, 6.07) is 0. The summed E-state index contributed by atoms with van der Waals surface area (Å²) in [5.74, 6) is 1.29. The molecule has 0 fully saturated rings. The van der Waals surface area contributed by atoms with Crippen LogP contribution in [0.25, 0.3) is 0 Å². The molecule has 0 aromatic heterocycles. The molecule has 3 heteroatoms. The van der Waals surface area contributed by atoms with E-state index in [9.17, 15) is 0 Å². The van der Waals surface area contributed by atoms with Crippen LogP contribution in [0.1, 0.15) is 33.1 Å². The summed E-state index contributed by atoms with van der Waals surface area (Å²) in [6.45, 7) is 16.8. The summed E-state index contributed by atoms with van der Waals surface area (Å²) in [6.07, 6.45) is 5.94. The third kappa shape index (κ3) is 3.49. The van der Waals surface area contributed by atoms with Crippen LogP contribution in [-0.2, 0) is 4.43 Å². The quantitative estimate of drug-likeness (QED) is 0.664. The average Bonchev–Trinajstić information content (AvgIpc) is 2.06. The zero-order valence-corrected chi connectivity index (χ0v) is 14.1. The molecular weight excluding hydrogens is 228 g/mol. The van der Waals surface area contributed by atoms with Gasteiger partial charge in [-0.05, 0) is 37.4 Å². The molecule has 0 aliphatic heterocycles. The van der Waals surface area contributed by atoms with Gasteiger partial charge in [-0.2, -0.15) is 0 Å². The summed E-state index contributed by atoms with van der Waals surface area (Å²) >= 11 is 0. The van der Waals surface area contributed by atoms with Crippen molar-refractivity contribution >= 4 is 15.4 Å². The Labute approximate surface area is 103 Å². The Bertz CT molecular complexity index is 285. The first-order chi connectivity index (χ1) is 7.04. The Morgan fingerprint density at radius 3 is 2.06 bits per heavy atom. The Kier molecular flexibility index (Phi) is 3.80. The van der Waals surface area contributed by atoms with Crippen LogP contribution in [0.3, 0.4) is 0 Å². The number of rotatable bonds is 3. The topological polar surface area (TPSA) is 9.23 Å². The fourth-order valence-electron chi connectivity index (χ4n) is 1.63. The standard InChI is InChI=1S/C13H28OSi2/c1-13(2)10-8-12(9-11-13)14-16(6,7)15(3,4)5/h8H,9-11H2,1-7H3. The normalized spacial score (nSPS) is 21.6. The largest absolute Gasteiger partial charge is 0.550 e. The van der Waals surface area contributed by atoms with Crippen molar-refractivity contribution in [2.24, 2.45) is 5.41 Å². The van der Waals surface area contributed by atoms with E-state index in [1.807, 2.05) is 0 Å². The van der Waals surface area contributed by atoms with Gasteiger partial charge in [-0.1, -0.05) is 33.5 Å². The lowest BCUT2D eigenvalue weighted by atomic mass is 9.80. The predicted octanol–water partition coefficient (Wildman–Crippen LogP) is 4.72. The molecule has 0 radical (unpaired) electrons. The minimum atomic E-state index is -1.47. The van der Waals surface area contributed by atoms with E-state index in [1.54, 1.807) is 0 Å². The van der Waals surface area contributed by atoms with Crippen molar-refractivity contribution in [1.29, 1.82) is 0 Å². The molecule has 0 saturated carbocycles. The molecular formula is C13H28OSi2. The van der Waals surface area contributed by atoms with E-state index in [0.717, 1.165) is 6.42 Å². The molecule has 0 spiro atoms. The van der Waals surface area contributed by atoms with E-state index in [2.05, 4.69) is 52.7 Å². The lowest BCUT2D eigenvalue weighted by Crippen LogP contribution is -2.54. The van der Waals surface area contributed by atoms with Crippen LogP contribution in [0.4, 0.5) is 0 Å². The molecule has 1 aliphatic rings. The highest BCUT2D eigenvalue weighted by Gasteiger charge is 2.41. The van der Waals surface area contributed by atoms with Crippen molar-refractivity contribution in [1.82, 2.24) is 0 Å². The first kappa shape index (κ1) is 14.0. The molecule has 0 amide bonds. The molecule has 0 saturated heterocycles. The lowest BCUT2D eigenvalue weighted by Gasteiger charge is -2.38. The second kappa shape index (κ2) is 4.33. The van der Waals surface area contributed by atoms with Gasteiger partial charge >= 0.3 is 0 Å². The fourth-order valence-corrected chi connectivity index (χ4v) is 4.09. The summed E-state index contributed by atoms with van der Waals surface area (Å²) in [4.78, 5) is 0. The zero-order chi connectivity index (χ0) is 12.6. The average molecular weight is 257 g/mol. The van der Waals surface area contributed by atoms with Gasteiger partial charge in [0.25, 0.3) is 0 Å². The number of hydrogen-bond acceptors (Lipinski definition) is 1. The monoisotopic (exact) mass is 256 g/mol. The summed E-state index contributed by atoms with van der Waals surface area (Å²) in [5, 5.41) is 0. The van der Waals surface area contributed by atoms with Gasteiger partial charge in [-0.25, -0.2) is 0 Å². The molecule has 0 atom stereocenters. The third-order valence-electron chi connectivity index (χ3n) is 4.12. The van der Waals surface area contributed by atoms with Gasteiger partial charge in [0.2, 0.25) is 7.83 Å². The first-order valence-electron chi connectivity index (χ1n) is 6.42. The lowest BCUT2D eigenvalue weighted by molar-refractivity contribution is 0.278. The van der Waals surface area contributed by atoms with Gasteiger partial charge in [0.05, 0.1) is 13.4 Å². The maximum absolute atomic E-state index is 6.40. The van der Waals surface area contributed by atoms with Crippen molar-refractivity contribution in [2.75, 3.05) is 0 Å². The van der Waals surface area contributed by atoms with Gasteiger partial charge < -0.3 is 4.43 Å². The van der Waals surface area contributed by atoms with Gasteiger partial charge in [-0.15, -0.1) is 0 Å². The molecule has 0 N–H and O–H groups in total. The maximum Gasteiger partial charge on any atom is 0.228 e. The molecule has 0 bridgehead atoms. The SMILES string of the molecule is CC1(C)CC=C(O[Si](C)(C)[Si](C)(C)C)CC1. The zero-order valence-electron chi connectivity index (χ0n) is 12.1. The van der Waals surface area contributed by atoms with Gasteiger partial charge in [0.15, 0.2) is 0 Å². The molecule has 0 aromatic carbocycles. The van der Waals surface area contributed by atoms with Crippen LogP contribution in [0.15, 0.2) is 11.8 Å². The molecule has 1 nitrogen and oxygen atoms in total. The van der Waals surface area contributed by atoms with E-state index < -0.39 is 15.4 Å². The molecule has 1 aliphatic carbocycles.